The van der Waals surface area contributed by atoms with Gasteiger partial charge in [-0.05, 0) is 74.6 Å². The maximum atomic E-state index is 5.32. The van der Waals surface area contributed by atoms with Crippen LogP contribution in [0.25, 0.3) is 0 Å². The third kappa shape index (κ3) is 5.78. The molecule has 1 aromatic rings. The second-order valence-electron chi connectivity index (χ2n) is 5.19. The second kappa shape index (κ2) is 8.58. The molecule has 0 N–H and O–H groups in total. The van der Waals surface area contributed by atoms with Gasteiger partial charge in [-0.3, -0.25) is 0 Å². The summed E-state index contributed by atoms with van der Waals surface area (Å²) < 4.78 is 5.32. The van der Waals surface area contributed by atoms with Crippen molar-refractivity contribution in [2.45, 2.75) is 51.4 Å². The van der Waals surface area contributed by atoms with Crippen LogP contribution < -0.4 is 0 Å². The minimum atomic E-state index is 1.10. The van der Waals surface area contributed by atoms with E-state index in [1.807, 2.05) is 12.5 Å². The van der Waals surface area contributed by atoms with Gasteiger partial charge in [0.15, 0.2) is 0 Å². The van der Waals surface area contributed by atoms with Crippen LogP contribution in [0.15, 0.2) is 48.9 Å². The zero-order valence-electron chi connectivity index (χ0n) is 11.7. The Bertz CT molecular complexity index is 361. The summed E-state index contributed by atoms with van der Waals surface area (Å²) in [7, 11) is 0. The maximum absolute atomic E-state index is 5.32. The average Bonchev–Trinajstić information content (AvgIpc) is 2.45. The quantitative estimate of drug-likeness (QED) is 0.622. The summed E-state index contributed by atoms with van der Waals surface area (Å²) in [6.07, 6.45) is 17.4. The molecule has 0 spiro atoms. The zero-order valence-corrected chi connectivity index (χ0v) is 11.7. The molecule has 0 saturated carbocycles. The van der Waals surface area contributed by atoms with Crippen molar-refractivity contribution in [1.82, 2.24) is 0 Å². The Morgan fingerprint density at radius 1 is 0.632 bits per heavy atom. The molecule has 0 unspecified atom stereocenters. The van der Waals surface area contributed by atoms with Crippen molar-refractivity contribution in [1.29, 1.82) is 0 Å². The molecule has 2 bridgehead atoms. The molecule has 0 aromatic heterocycles. The number of rotatable bonds is 0. The van der Waals surface area contributed by atoms with Crippen LogP contribution in [0, 0.1) is 0 Å². The minimum Gasteiger partial charge on any atom is -0.473 e. The predicted octanol–water partition coefficient (Wildman–Crippen LogP) is 5.17. The summed E-state index contributed by atoms with van der Waals surface area (Å²) in [4.78, 5) is 0. The Balaban J connectivity index is 1.90. The number of hydrogen-bond donors (Lipinski definition) is 0. The lowest BCUT2D eigenvalue weighted by Gasteiger charge is -2.04. The summed E-state index contributed by atoms with van der Waals surface area (Å²) in [5.41, 5.74) is 2.94. The van der Waals surface area contributed by atoms with Crippen LogP contribution in [0.2, 0.25) is 0 Å². The molecule has 102 valence electrons. The van der Waals surface area contributed by atoms with Gasteiger partial charge in [-0.1, -0.05) is 24.3 Å². The number of aryl methyl sites for hydroxylation is 2. The van der Waals surface area contributed by atoms with Crippen molar-refractivity contribution in [3.05, 3.63) is 60.1 Å². The molecule has 1 heteroatoms. The highest BCUT2D eigenvalue weighted by molar-refractivity contribution is 5.22. The molecule has 2 aliphatic rings. The fourth-order valence-electron chi connectivity index (χ4n) is 2.35. The van der Waals surface area contributed by atoms with Crippen molar-refractivity contribution in [3.63, 3.8) is 0 Å². The van der Waals surface area contributed by atoms with E-state index in [2.05, 4.69) is 36.4 Å². The van der Waals surface area contributed by atoms with Crippen LogP contribution in [-0.2, 0) is 17.6 Å². The first-order valence-electron chi connectivity index (χ1n) is 7.48. The number of ether oxygens (including phenoxy) is 1. The molecule has 1 aromatic carbocycles. The van der Waals surface area contributed by atoms with Gasteiger partial charge in [0, 0.05) is 0 Å². The summed E-state index contributed by atoms with van der Waals surface area (Å²) in [5, 5.41) is 0. The predicted molar refractivity (Wildman–Crippen MR) is 80.9 cm³/mol. The third-order valence-corrected chi connectivity index (χ3v) is 3.55. The highest BCUT2D eigenvalue weighted by atomic mass is 16.5. The monoisotopic (exact) mass is 256 g/mol. The van der Waals surface area contributed by atoms with E-state index < -0.39 is 0 Å². The topological polar surface area (TPSA) is 9.23 Å². The highest BCUT2D eigenvalue weighted by Gasteiger charge is 1.96. The molecular weight excluding hydrogens is 232 g/mol. The van der Waals surface area contributed by atoms with Crippen LogP contribution in [-0.4, -0.2) is 0 Å². The minimum absolute atomic E-state index is 1.10. The van der Waals surface area contributed by atoms with E-state index in [1.54, 1.807) is 0 Å². The van der Waals surface area contributed by atoms with Gasteiger partial charge in [0.05, 0.1) is 12.5 Å². The van der Waals surface area contributed by atoms with E-state index >= 15 is 0 Å². The SMILES string of the molecule is C1=COC=CCCCCc2ccc(cc2)CCCC1. The molecule has 0 saturated heterocycles. The van der Waals surface area contributed by atoms with Gasteiger partial charge in [-0.15, -0.1) is 0 Å². The number of fused-ring (bicyclic) bond motifs is 12. The number of hydrogen-bond acceptors (Lipinski definition) is 1. The lowest BCUT2D eigenvalue weighted by molar-refractivity contribution is 0.398. The van der Waals surface area contributed by atoms with Crippen molar-refractivity contribution < 1.29 is 4.74 Å². The highest BCUT2D eigenvalue weighted by Crippen LogP contribution is 2.12. The fraction of sp³-hybridized carbons (Fsp3) is 0.444. The van der Waals surface area contributed by atoms with Gasteiger partial charge in [0.1, 0.15) is 0 Å². The molecule has 3 rings (SSSR count). The first-order valence-corrected chi connectivity index (χ1v) is 7.48. The van der Waals surface area contributed by atoms with E-state index in [-0.39, 0.29) is 0 Å². The van der Waals surface area contributed by atoms with E-state index in [4.69, 9.17) is 4.74 Å². The summed E-state index contributed by atoms with van der Waals surface area (Å²) in [6.45, 7) is 0. The Morgan fingerprint density at radius 3 is 1.58 bits per heavy atom. The van der Waals surface area contributed by atoms with Gasteiger partial charge >= 0.3 is 0 Å². The lowest BCUT2D eigenvalue weighted by Crippen LogP contribution is -1.89. The maximum Gasteiger partial charge on any atom is 0.0861 e. The van der Waals surface area contributed by atoms with Gasteiger partial charge in [0.2, 0.25) is 0 Å². The van der Waals surface area contributed by atoms with Gasteiger partial charge in [-0.25, -0.2) is 0 Å². The summed E-state index contributed by atoms with van der Waals surface area (Å²) in [5.74, 6) is 0. The first kappa shape index (κ1) is 13.9. The Hall–Kier alpha value is -1.50. The molecule has 0 fully saturated rings. The van der Waals surface area contributed by atoms with Crippen molar-refractivity contribution in [3.8, 4) is 0 Å². The van der Waals surface area contributed by atoms with E-state index in [0.717, 1.165) is 12.8 Å². The molecule has 0 atom stereocenters. The van der Waals surface area contributed by atoms with Crippen molar-refractivity contribution >= 4 is 0 Å². The van der Waals surface area contributed by atoms with Gasteiger partial charge in [-0.2, -0.15) is 0 Å². The zero-order chi connectivity index (χ0) is 13.2. The van der Waals surface area contributed by atoms with Crippen LogP contribution in [0.3, 0.4) is 0 Å². The Morgan fingerprint density at radius 2 is 1.11 bits per heavy atom. The molecular formula is C18H24O. The second-order valence-corrected chi connectivity index (χ2v) is 5.19. The third-order valence-electron chi connectivity index (χ3n) is 3.55. The molecule has 0 amide bonds. The van der Waals surface area contributed by atoms with Crippen LogP contribution in [0.5, 0.6) is 0 Å². The summed E-state index contributed by atoms with van der Waals surface area (Å²) in [6, 6.07) is 9.19. The number of allylic oxidation sites excluding steroid dienone is 2. The molecule has 2 aliphatic heterocycles. The normalized spacial score (nSPS) is 17.9. The molecule has 1 nitrogen and oxygen atoms in total. The van der Waals surface area contributed by atoms with Gasteiger partial charge in [0.25, 0.3) is 0 Å². The van der Waals surface area contributed by atoms with Gasteiger partial charge < -0.3 is 4.74 Å². The van der Waals surface area contributed by atoms with Crippen LogP contribution in [0.1, 0.15) is 49.7 Å². The molecule has 19 heavy (non-hydrogen) atoms. The smallest absolute Gasteiger partial charge is 0.0861 e. The van der Waals surface area contributed by atoms with Crippen LogP contribution in [0.4, 0.5) is 0 Å². The first-order chi connectivity index (χ1) is 9.45. The van der Waals surface area contributed by atoms with E-state index in [1.165, 1.54) is 49.7 Å². The lowest BCUT2D eigenvalue weighted by atomic mass is 10.0. The van der Waals surface area contributed by atoms with E-state index in [0.29, 0.717) is 0 Å². The van der Waals surface area contributed by atoms with E-state index in [9.17, 15) is 0 Å². The van der Waals surface area contributed by atoms with Crippen molar-refractivity contribution in [2.24, 2.45) is 0 Å². The molecule has 0 radical (unpaired) electrons. The molecule has 2 heterocycles. The standard InChI is InChI=1S/C18H24O/c1-3-7-15-19-16-8-4-2-6-10-18-13-11-17(9-5-1)12-14-18/h7-8,11-16H,1-6,9-10H2. The average molecular weight is 256 g/mol. The molecule has 0 aliphatic carbocycles. The largest absolute Gasteiger partial charge is 0.473 e. The fourth-order valence-corrected chi connectivity index (χ4v) is 2.35. The number of benzene rings is 1. The Labute approximate surface area is 117 Å². The Kier molecular flexibility index (Phi) is 6.28. The summed E-state index contributed by atoms with van der Waals surface area (Å²) >= 11 is 0. The van der Waals surface area contributed by atoms with Crippen LogP contribution >= 0.6 is 0 Å². The van der Waals surface area contributed by atoms with Crippen molar-refractivity contribution in [2.75, 3.05) is 0 Å².